The van der Waals surface area contributed by atoms with Gasteiger partial charge in [-0.25, -0.2) is 4.68 Å². The summed E-state index contributed by atoms with van der Waals surface area (Å²) >= 11 is 1.77. The number of benzene rings is 1. The van der Waals surface area contributed by atoms with E-state index in [2.05, 4.69) is 29.8 Å². The number of para-hydroxylation sites is 2. The Morgan fingerprint density at radius 1 is 1.28 bits per heavy atom. The van der Waals surface area contributed by atoms with Crippen LogP contribution >= 0.6 is 11.3 Å². The third-order valence-electron chi connectivity index (χ3n) is 4.49. The molecule has 25 heavy (non-hydrogen) atoms. The zero-order valence-electron chi connectivity index (χ0n) is 14.7. The second-order valence-corrected chi connectivity index (χ2v) is 7.27. The summed E-state index contributed by atoms with van der Waals surface area (Å²) in [6.07, 6.45) is 3.44. The van der Waals surface area contributed by atoms with Crippen molar-refractivity contribution in [2.24, 2.45) is 0 Å². The third kappa shape index (κ3) is 3.04. The van der Waals surface area contributed by atoms with Gasteiger partial charge in [-0.2, -0.15) is 5.10 Å². The predicted molar refractivity (Wildman–Crippen MR) is 104 cm³/mol. The summed E-state index contributed by atoms with van der Waals surface area (Å²) in [4.78, 5) is 1.24. The topological polar surface area (TPSA) is 39.1 Å². The van der Waals surface area contributed by atoms with Gasteiger partial charge in [-0.3, -0.25) is 0 Å². The van der Waals surface area contributed by atoms with Crippen LogP contribution in [0.1, 0.15) is 30.9 Å². The highest BCUT2D eigenvalue weighted by Gasteiger charge is 2.23. The first kappa shape index (κ1) is 16.2. The fourth-order valence-corrected chi connectivity index (χ4v) is 4.25. The van der Waals surface area contributed by atoms with E-state index in [4.69, 9.17) is 9.84 Å². The van der Waals surface area contributed by atoms with Crippen LogP contribution in [0.2, 0.25) is 0 Å². The van der Waals surface area contributed by atoms with Gasteiger partial charge in [-0.05, 0) is 62.3 Å². The van der Waals surface area contributed by atoms with E-state index < -0.39 is 0 Å². The molecule has 5 heteroatoms. The number of nitrogens with zero attached hydrogens (tertiary/aromatic N) is 2. The SMILES string of the molecule is CCOc1ccccc1-n1nc(-c2cc(C)cs2)c2c1NCCCC2. The summed E-state index contributed by atoms with van der Waals surface area (Å²) in [5.41, 5.74) is 4.72. The van der Waals surface area contributed by atoms with Crippen molar-refractivity contribution in [3.63, 3.8) is 0 Å². The minimum absolute atomic E-state index is 0.644. The van der Waals surface area contributed by atoms with Crippen LogP contribution in [0.25, 0.3) is 16.3 Å². The standard InChI is InChI=1S/C20H23N3OS/c1-3-24-17-10-5-4-9-16(17)23-20-15(8-6-7-11-21-20)19(22-23)18-12-14(2)13-25-18/h4-5,9-10,12-13,21H,3,6-8,11H2,1-2H3. The Labute approximate surface area is 152 Å². The van der Waals surface area contributed by atoms with Crippen molar-refractivity contribution in [2.75, 3.05) is 18.5 Å². The molecule has 0 aliphatic carbocycles. The number of hydrogen-bond acceptors (Lipinski definition) is 4. The van der Waals surface area contributed by atoms with Crippen LogP contribution in [0.15, 0.2) is 35.7 Å². The van der Waals surface area contributed by atoms with Gasteiger partial charge in [0.15, 0.2) is 0 Å². The lowest BCUT2D eigenvalue weighted by atomic mass is 10.1. The van der Waals surface area contributed by atoms with Gasteiger partial charge in [0.1, 0.15) is 22.9 Å². The molecule has 130 valence electrons. The van der Waals surface area contributed by atoms with Crippen LogP contribution in [-0.2, 0) is 6.42 Å². The van der Waals surface area contributed by atoms with Crippen LogP contribution in [0, 0.1) is 6.92 Å². The second kappa shape index (κ2) is 6.92. The van der Waals surface area contributed by atoms with Crippen LogP contribution in [0.4, 0.5) is 5.82 Å². The van der Waals surface area contributed by atoms with Crippen LogP contribution in [-0.4, -0.2) is 22.9 Å². The molecule has 0 saturated carbocycles. The zero-order valence-corrected chi connectivity index (χ0v) is 15.5. The Bertz CT molecular complexity index is 881. The van der Waals surface area contributed by atoms with Crippen LogP contribution in [0.5, 0.6) is 5.75 Å². The molecule has 0 radical (unpaired) electrons. The lowest BCUT2D eigenvalue weighted by Crippen LogP contribution is -2.08. The first-order valence-electron chi connectivity index (χ1n) is 8.91. The van der Waals surface area contributed by atoms with Gasteiger partial charge in [-0.1, -0.05) is 12.1 Å². The van der Waals surface area contributed by atoms with E-state index in [1.165, 1.54) is 28.8 Å². The summed E-state index contributed by atoms with van der Waals surface area (Å²) in [6, 6.07) is 10.4. The van der Waals surface area contributed by atoms with Crippen molar-refractivity contribution in [2.45, 2.75) is 33.1 Å². The van der Waals surface area contributed by atoms with E-state index in [0.29, 0.717) is 6.61 Å². The van der Waals surface area contributed by atoms with Gasteiger partial charge >= 0.3 is 0 Å². The molecule has 1 N–H and O–H groups in total. The average molecular weight is 353 g/mol. The van der Waals surface area contributed by atoms with Crippen molar-refractivity contribution < 1.29 is 4.74 Å². The maximum atomic E-state index is 5.85. The van der Waals surface area contributed by atoms with E-state index in [0.717, 1.165) is 35.9 Å². The molecule has 2 aromatic heterocycles. The molecule has 3 aromatic rings. The number of aryl methyl sites for hydroxylation is 1. The highest BCUT2D eigenvalue weighted by molar-refractivity contribution is 7.13. The molecule has 0 unspecified atom stereocenters. The molecule has 1 aliphatic rings. The number of rotatable bonds is 4. The summed E-state index contributed by atoms with van der Waals surface area (Å²) in [7, 11) is 0. The van der Waals surface area contributed by atoms with Gasteiger partial charge in [0.05, 0.1) is 11.5 Å². The van der Waals surface area contributed by atoms with Crippen LogP contribution < -0.4 is 10.1 Å². The highest BCUT2D eigenvalue weighted by atomic mass is 32.1. The number of nitrogens with one attached hydrogen (secondary N) is 1. The molecule has 0 saturated heterocycles. The van der Waals surface area contributed by atoms with Crippen molar-refractivity contribution >= 4 is 17.2 Å². The largest absolute Gasteiger partial charge is 0.492 e. The minimum Gasteiger partial charge on any atom is -0.492 e. The smallest absolute Gasteiger partial charge is 0.145 e. The second-order valence-electron chi connectivity index (χ2n) is 6.36. The summed E-state index contributed by atoms with van der Waals surface area (Å²) in [5.74, 6) is 1.99. The molecule has 4 nitrogen and oxygen atoms in total. The molecule has 4 rings (SSSR count). The minimum atomic E-state index is 0.644. The number of aromatic nitrogens is 2. The molecule has 1 aliphatic heterocycles. The van der Waals surface area contributed by atoms with Gasteiger partial charge in [0.25, 0.3) is 0 Å². The first-order chi connectivity index (χ1) is 12.3. The van der Waals surface area contributed by atoms with Crippen molar-refractivity contribution in [1.82, 2.24) is 9.78 Å². The molecule has 0 atom stereocenters. The zero-order chi connectivity index (χ0) is 17.2. The fraction of sp³-hybridized carbons (Fsp3) is 0.350. The van der Waals surface area contributed by atoms with Crippen molar-refractivity contribution in [3.05, 3.63) is 46.8 Å². The van der Waals surface area contributed by atoms with Crippen molar-refractivity contribution in [3.8, 4) is 22.0 Å². The molecule has 0 fully saturated rings. The van der Waals surface area contributed by atoms with Gasteiger partial charge in [-0.15, -0.1) is 11.3 Å². The number of ether oxygens (including phenoxy) is 1. The lowest BCUT2D eigenvalue weighted by Gasteiger charge is -2.13. The normalized spacial score (nSPS) is 13.8. The molecule has 0 bridgehead atoms. The highest BCUT2D eigenvalue weighted by Crippen LogP contribution is 2.38. The molecular formula is C20H23N3OS. The number of thiophene rings is 1. The van der Waals surface area contributed by atoms with E-state index in [-0.39, 0.29) is 0 Å². The first-order valence-corrected chi connectivity index (χ1v) is 9.79. The quantitative estimate of drug-likeness (QED) is 0.713. The van der Waals surface area contributed by atoms with E-state index in [9.17, 15) is 0 Å². The van der Waals surface area contributed by atoms with Crippen molar-refractivity contribution in [1.29, 1.82) is 0 Å². The van der Waals surface area contributed by atoms with Gasteiger partial charge < -0.3 is 10.1 Å². The van der Waals surface area contributed by atoms with Crippen LogP contribution in [0.3, 0.4) is 0 Å². The van der Waals surface area contributed by atoms with E-state index in [1.807, 2.05) is 29.8 Å². The van der Waals surface area contributed by atoms with E-state index >= 15 is 0 Å². The Morgan fingerprint density at radius 2 is 2.16 bits per heavy atom. The van der Waals surface area contributed by atoms with Gasteiger partial charge in [0, 0.05) is 12.1 Å². The third-order valence-corrected chi connectivity index (χ3v) is 5.54. The maximum Gasteiger partial charge on any atom is 0.145 e. The summed E-state index contributed by atoms with van der Waals surface area (Å²) in [5, 5.41) is 10.8. The number of fused-ring (bicyclic) bond motifs is 1. The Hall–Kier alpha value is -2.27. The lowest BCUT2D eigenvalue weighted by molar-refractivity contribution is 0.338. The molecule has 3 heterocycles. The Morgan fingerprint density at radius 3 is 2.96 bits per heavy atom. The molecular weight excluding hydrogens is 330 g/mol. The summed E-state index contributed by atoms with van der Waals surface area (Å²) < 4.78 is 7.88. The molecule has 0 spiro atoms. The maximum absolute atomic E-state index is 5.85. The average Bonchev–Trinajstić information content (AvgIpc) is 3.11. The molecule has 1 aromatic carbocycles. The fourth-order valence-electron chi connectivity index (χ4n) is 3.34. The Balaban J connectivity index is 1.90. The Kier molecular flexibility index (Phi) is 4.49. The monoisotopic (exact) mass is 353 g/mol. The number of hydrogen-bond donors (Lipinski definition) is 1. The van der Waals surface area contributed by atoms with Gasteiger partial charge in [0.2, 0.25) is 0 Å². The predicted octanol–water partition coefficient (Wildman–Crippen LogP) is 5.06. The number of anilines is 1. The summed E-state index contributed by atoms with van der Waals surface area (Å²) in [6.45, 7) is 5.78. The van der Waals surface area contributed by atoms with E-state index in [1.54, 1.807) is 11.3 Å². The molecule has 0 amide bonds.